The minimum Gasteiger partial charge on any atom is -0.298 e. The molecule has 0 fully saturated rings. The summed E-state index contributed by atoms with van der Waals surface area (Å²) < 4.78 is 2.13. The number of aromatic nitrogens is 5. The molecule has 10 aromatic rings. The SMILES string of the molecule is c1ccc(-c2ccc(-c3cc(-c4ccc(-c5ccccc5)cc4)nc(-c4ccc(-c5nc6ccccc6c6nc7ccccn7c56)cc4)n3)cc2)cc1. The van der Waals surface area contributed by atoms with Crippen LogP contribution in [-0.4, -0.2) is 24.3 Å². The van der Waals surface area contributed by atoms with Crippen LogP contribution in [-0.2, 0) is 0 Å². The van der Waals surface area contributed by atoms with Crippen LogP contribution in [0.4, 0.5) is 0 Å². The number of hydrogen-bond donors (Lipinski definition) is 0. The molecule has 0 aliphatic rings. The quantitative estimate of drug-likeness (QED) is 0.176. The molecule has 0 aliphatic carbocycles. The normalized spacial score (nSPS) is 11.4. The van der Waals surface area contributed by atoms with Gasteiger partial charge < -0.3 is 0 Å². The lowest BCUT2D eigenvalue weighted by molar-refractivity contribution is 1.18. The standard InChI is InChI=1S/C48H31N5/c1-3-11-32(12-4-1)34-18-22-36(23-19-34)42-31-43(37-24-20-35(21-25-37)33-13-5-2-6-14-33)51-48(50-42)39-28-26-38(27-29-39)45-47-46(40-15-7-8-16-41(40)49-45)52-44-17-9-10-30-53(44)47/h1-31H. The second-order valence-corrected chi connectivity index (χ2v) is 13.1. The van der Waals surface area contributed by atoms with Crippen molar-refractivity contribution in [3.63, 3.8) is 0 Å². The van der Waals surface area contributed by atoms with E-state index in [-0.39, 0.29) is 0 Å². The fraction of sp³-hybridized carbons (Fsp3) is 0. The molecule has 4 aromatic heterocycles. The van der Waals surface area contributed by atoms with Crippen LogP contribution in [0.1, 0.15) is 0 Å². The predicted molar refractivity (Wildman–Crippen MR) is 216 cm³/mol. The first kappa shape index (κ1) is 30.6. The van der Waals surface area contributed by atoms with Gasteiger partial charge in [0, 0.05) is 33.8 Å². The molecule has 0 amide bonds. The van der Waals surface area contributed by atoms with E-state index in [0.29, 0.717) is 5.82 Å². The van der Waals surface area contributed by atoms with Gasteiger partial charge in [-0.2, -0.15) is 0 Å². The molecule has 0 aliphatic heterocycles. The topological polar surface area (TPSA) is 56.0 Å². The molecule has 0 N–H and O–H groups in total. The lowest BCUT2D eigenvalue weighted by Crippen LogP contribution is -1.96. The fourth-order valence-corrected chi connectivity index (χ4v) is 7.13. The van der Waals surface area contributed by atoms with Crippen molar-refractivity contribution in [3.05, 3.63) is 188 Å². The number of rotatable bonds is 6. The lowest BCUT2D eigenvalue weighted by Gasteiger charge is -2.12. The van der Waals surface area contributed by atoms with Gasteiger partial charge in [0.25, 0.3) is 0 Å². The number of pyridine rings is 2. The zero-order valence-electron chi connectivity index (χ0n) is 28.6. The maximum absolute atomic E-state index is 5.17. The Morgan fingerprint density at radius 3 is 1.47 bits per heavy atom. The Hall–Kier alpha value is -7.24. The van der Waals surface area contributed by atoms with Gasteiger partial charge in [0.2, 0.25) is 0 Å². The number of imidazole rings is 1. The maximum atomic E-state index is 5.17. The first-order valence-electron chi connectivity index (χ1n) is 17.7. The summed E-state index contributed by atoms with van der Waals surface area (Å²) in [5.74, 6) is 0.662. The minimum atomic E-state index is 0.662. The molecule has 0 saturated heterocycles. The summed E-state index contributed by atoms with van der Waals surface area (Å²) in [7, 11) is 0. The molecular formula is C48H31N5. The van der Waals surface area contributed by atoms with Gasteiger partial charge in [0.15, 0.2) is 5.82 Å². The van der Waals surface area contributed by atoms with Crippen molar-refractivity contribution >= 4 is 27.6 Å². The van der Waals surface area contributed by atoms with E-state index in [1.165, 1.54) is 22.3 Å². The summed E-state index contributed by atoms with van der Waals surface area (Å²) in [4.78, 5) is 20.5. The summed E-state index contributed by atoms with van der Waals surface area (Å²) in [5.41, 5.74) is 15.0. The smallest absolute Gasteiger partial charge is 0.160 e. The molecular weight excluding hydrogens is 647 g/mol. The third-order valence-electron chi connectivity index (χ3n) is 9.86. The van der Waals surface area contributed by atoms with E-state index < -0.39 is 0 Å². The zero-order chi connectivity index (χ0) is 35.1. The van der Waals surface area contributed by atoms with Gasteiger partial charge in [-0.25, -0.2) is 19.9 Å². The zero-order valence-corrected chi connectivity index (χ0v) is 28.6. The maximum Gasteiger partial charge on any atom is 0.160 e. The van der Waals surface area contributed by atoms with Crippen LogP contribution in [0.2, 0.25) is 0 Å². The summed E-state index contributed by atoms with van der Waals surface area (Å²) in [5, 5.41) is 1.04. The van der Waals surface area contributed by atoms with E-state index in [0.717, 1.165) is 66.9 Å². The summed E-state index contributed by atoms with van der Waals surface area (Å²) >= 11 is 0. The minimum absolute atomic E-state index is 0.662. The van der Waals surface area contributed by atoms with Gasteiger partial charge in [-0.15, -0.1) is 0 Å². The fourth-order valence-electron chi connectivity index (χ4n) is 7.13. The number of benzene rings is 6. The van der Waals surface area contributed by atoms with Gasteiger partial charge in [-0.3, -0.25) is 4.40 Å². The second kappa shape index (κ2) is 12.8. The number of para-hydroxylation sites is 1. The highest BCUT2D eigenvalue weighted by molar-refractivity contribution is 6.09. The molecule has 5 nitrogen and oxygen atoms in total. The highest BCUT2D eigenvalue weighted by Crippen LogP contribution is 2.35. The Balaban J connectivity index is 1.08. The molecule has 0 unspecified atom stereocenters. The van der Waals surface area contributed by atoms with Crippen molar-refractivity contribution in [1.82, 2.24) is 24.3 Å². The van der Waals surface area contributed by atoms with Gasteiger partial charge in [-0.1, -0.05) is 158 Å². The van der Waals surface area contributed by atoms with E-state index in [4.69, 9.17) is 19.9 Å². The number of fused-ring (bicyclic) bond motifs is 5. The third-order valence-corrected chi connectivity index (χ3v) is 9.86. The lowest BCUT2D eigenvalue weighted by atomic mass is 10.0. The Morgan fingerprint density at radius 2 is 0.849 bits per heavy atom. The molecule has 0 atom stereocenters. The molecule has 6 aromatic carbocycles. The molecule has 5 heteroatoms. The van der Waals surface area contributed by atoms with E-state index >= 15 is 0 Å². The van der Waals surface area contributed by atoms with Crippen molar-refractivity contribution in [1.29, 1.82) is 0 Å². The van der Waals surface area contributed by atoms with Crippen LogP contribution >= 0.6 is 0 Å². The van der Waals surface area contributed by atoms with Gasteiger partial charge in [0.1, 0.15) is 11.2 Å². The third kappa shape index (κ3) is 5.61. The van der Waals surface area contributed by atoms with E-state index in [1.54, 1.807) is 0 Å². The average Bonchev–Trinajstić information content (AvgIpc) is 3.64. The summed E-state index contributed by atoms with van der Waals surface area (Å²) in [6.07, 6.45) is 2.05. The summed E-state index contributed by atoms with van der Waals surface area (Å²) in [6.45, 7) is 0. The molecule has 53 heavy (non-hydrogen) atoms. The highest BCUT2D eigenvalue weighted by Gasteiger charge is 2.17. The molecule has 0 radical (unpaired) electrons. The van der Waals surface area contributed by atoms with Crippen LogP contribution < -0.4 is 0 Å². The monoisotopic (exact) mass is 677 g/mol. The predicted octanol–water partition coefficient (Wildman–Crippen LogP) is 11.8. The van der Waals surface area contributed by atoms with Crippen LogP contribution in [0.15, 0.2) is 188 Å². The van der Waals surface area contributed by atoms with Crippen molar-refractivity contribution < 1.29 is 0 Å². The molecule has 10 rings (SSSR count). The van der Waals surface area contributed by atoms with E-state index in [1.807, 2.05) is 42.5 Å². The van der Waals surface area contributed by atoms with Crippen LogP contribution in [0.25, 0.3) is 95.0 Å². The Morgan fingerprint density at radius 1 is 0.358 bits per heavy atom. The van der Waals surface area contributed by atoms with Crippen LogP contribution in [0.5, 0.6) is 0 Å². The molecule has 248 valence electrons. The number of nitrogens with zero attached hydrogens (tertiary/aromatic N) is 5. The van der Waals surface area contributed by atoms with Crippen LogP contribution in [0.3, 0.4) is 0 Å². The largest absolute Gasteiger partial charge is 0.298 e. The highest BCUT2D eigenvalue weighted by atomic mass is 15.0. The Labute approximate surface area is 306 Å². The molecule has 0 spiro atoms. The Bertz CT molecular complexity index is 2800. The molecule has 0 saturated carbocycles. The van der Waals surface area contributed by atoms with E-state index in [2.05, 4.69) is 150 Å². The first-order chi connectivity index (χ1) is 26.2. The van der Waals surface area contributed by atoms with Gasteiger partial charge in [0.05, 0.1) is 28.1 Å². The van der Waals surface area contributed by atoms with E-state index in [9.17, 15) is 0 Å². The van der Waals surface area contributed by atoms with Gasteiger partial charge in [-0.05, 0) is 46.5 Å². The van der Waals surface area contributed by atoms with Crippen LogP contribution in [0, 0.1) is 0 Å². The summed E-state index contributed by atoms with van der Waals surface area (Å²) in [6, 6.07) is 62.9. The Kier molecular flexibility index (Phi) is 7.40. The van der Waals surface area contributed by atoms with Crippen molar-refractivity contribution in [2.45, 2.75) is 0 Å². The first-order valence-corrected chi connectivity index (χ1v) is 17.7. The van der Waals surface area contributed by atoms with Crippen molar-refractivity contribution in [3.8, 4) is 67.4 Å². The number of hydrogen-bond acceptors (Lipinski definition) is 4. The average molecular weight is 678 g/mol. The van der Waals surface area contributed by atoms with Crippen molar-refractivity contribution in [2.75, 3.05) is 0 Å². The van der Waals surface area contributed by atoms with Crippen molar-refractivity contribution in [2.24, 2.45) is 0 Å². The molecule has 4 heterocycles. The molecule has 0 bridgehead atoms. The van der Waals surface area contributed by atoms with Gasteiger partial charge >= 0.3 is 0 Å². The second-order valence-electron chi connectivity index (χ2n) is 13.1.